The van der Waals surface area contributed by atoms with Gasteiger partial charge in [-0.15, -0.1) is 0 Å². The Hall–Kier alpha value is 4.77. The van der Waals surface area contributed by atoms with Crippen LogP contribution in [0.2, 0.25) is 0 Å². The summed E-state index contributed by atoms with van der Waals surface area (Å²) in [6, 6.07) is 0. The fourth-order valence-electron chi connectivity index (χ4n) is 0. The molecule has 0 amide bonds. The van der Waals surface area contributed by atoms with E-state index in [2.05, 4.69) is 0 Å². The smallest absolute Gasteiger partial charge is 1.00 e. The molecule has 0 aliphatic heterocycles. The van der Waals surface area contributed by atoms with Crippen molar-refractivity contribution in [2.75, 3.05) is 0 Å². The van der Waals surface area contributed by atoms with Crippen LogP contribution in [0.4, 0.5) is 0 Å². The van der Waals surface area contributed by atoms with E-state index in [9.17, 15) is 0 Å². The van der Waals surface area contributed by atoms with E-state index in [1.54, 1.807) is 0 Å². The Labute approximate surface area is 191 Å². The van der Waals surface area contributed by atoms with Crippen molar-refractivity contribution in [2.24, 2.45) is 0 Å². The standard InChI is InChI=1S/Al.Ca.K.Mg.Na.H2O3Si.H2O.9H/c;;;;;1-4(2)3;;;;;;;;;;/h;;;;;1-2H;1H2;;;;;;;;;/q;+2;+1;+2;+1;;;;;;6*-1. The molecule has 0 rings (SSSR count). The Morgan fingerprint density at radius 3 is 1.30 bits per heavy atom. The summed E-state index contributed by atoms with van der Waals surface area (Å²) >= 11 is 0. The maximum atomic E-state index is 8.74. The molecule has 0 unspecified atom stereocenters. The van der Waals surface area contributed by atoms with Gasteiger partial charge in [-0.3, -0.25) is 4.46 Å². The monoisotopic (exact) mass is 258 g/mol. The molecule has 4 nitrogen and oxygen atoms in total. The van der Waals surface area contributed by atoms with Gasteiger partial charge in [-0.05, 0) is 0 Å². The molecule has 0 aliphatic rings. The maximum Gasteiger partial charge on any atom is 2.00 e. The van der Waals surface area contributed by atoms with Crippen LogP contribution < -0.4 is 80.9 Å². The van der Waals surface area contributed by atoms with E-state index < -0.39 is 9.17 Å². The third-order valence-electron chi connectivity index (χ3n) is 0. The number of rotatable bonds is 0. The van der Waals surface area contributed by atoms with Crippen molar-refractivity contribution in [1.82, 2.24) is 0 Å². The average molecular weight is 259 g/mol. The summed E-state index contributed by atoms with van der Waals surface area (Å²) in [4.78, 5) is 14.3. The van der Waals surface area contributed by atoms with Crippen molar-refractivity contribution in [3.63, 3.8) is 0 Å². The molecule has 0 saturated heterocycles. The minimum Gasteiger partial charge on any atom is -1.00 e. The minimum atomic E-state index is -3.13. The second kappa shape index (κ2) is 37.2. The molecule has 0 heterocycles. The summed E-state index contributed by atoms with van der Waals surface area (Å²) in [5.41, 5.74) is 0. The SMILES string of the molecule is O.O=[Si](O)O.[AlH3].[Ca+2].[H-].[H-].[H-].[H-].[H-].[H-].[K+].[Mg+2].[Na+]. The molecule has 0 aliphatic carbocycles. The van der Waals surface area contributed by atoms with Gasteiger partial charge in [0.15, 0.2) is 17.4 Å². The predicted octanol–water partition coefficient (Wildman–Crippen LogP) is -9.70. The van der Waals surface area contributed by atoms with Gasteiger partial charge in [-0.25, -0.2) is 0 Å². The first-order valence-electron chi connectivity index (χ1n) is 0.651. The van der Waals surface area contributed by atoms with Gasteiger partial charge in [0, 0.05) is 0 Å². The molecular formula is H13AlCaKMgNaO4Si. The van der Waals surface area contributed by atoms with E-state index in [0.29, 0.717) is 0 Å². The van der Waals surface area contributed by atoms with Gasteiger partial charge < -0.3 is 23.6 Å². The van der Waals surface area contributed by atoms with Gasteiger partial charge >= 0.3 is 151 Å². The number of hydrogen-bond acceptors (Lipinski definition) is 1. The Balaban J connectivity index is -0.000000000682. The third kappa shape index (κ3) is 77.7. The Kier molecular flexibility index (Phi) is 173. The second-order valence-corrected chi connectivity index (χ2v) is 0.848. The van der Waals surface area contributed by atoms with Gasteiger partial charge in [0.05, 0.1) is 0 Å². The summed E-state index contributed by atoms with van der Waals surface area (Å²) in [6.07, 6.45) is 0. The fraction of sp³-hybridized carbons (Fsp3) is 0. The van der Waals surface area contributed by atoms with E-state index in [4.69, 9.17) is 14.1 Å². The fourth-order valence-corrected chi connectivity index (χ4v) is 0. The molecule has 0 fully saturated rings. The zero-order chi connectivity index (χ0) is 3.58. The molecular weight excluding hydrogens is 246 g/mol. The van der Waals surface area contributed by atoms with Crippen molar-refractivity contribution in [2.45, 2.75) is 0 Å². The van der Waals surface area contributed by atoms with Gasteiger partial charge in [0.25, 0.3) is 0 Å². The zero-order valence-electron chi connectivity index (χ0n) is 11.7. The van der Waals surface area contributed by atoms with Crippen LogP contribution in [-0.2, 0) is 4.46 Å². The van der Waals surface area contributed by atoms with Crippen LogP contribution in [0, 0.1) is 0 Å². The molecule has 0 aromatic heterocycles. The van der Waals surface area contributed by atoms with Crippen LogP contribution in [0.1, 0.15) is 8.56 Å². The molecule has 0 aromatic carbocycles. The Morgan fingerprint density at radius 2 is 1.30 bits per heavy atom. The van der Waals surface area contributed by atoms with Gasteiger partial charge in [0.1, 0.15) is 0 Å². The van der Waals surface area contributed by atoms with E-state index in [1.165, 1.54) is 0 Å². The molecule has 10 heteroatoms. The van der Waals surface area contributed by atoms with E-state index >= 15 is 0 Å². The summed E-state index contributed by atoms with van der Waals surface area (Å²) in [6.45, 7) is 0. The Bertz CT molecular complexity index is 63.5. The van der Waals surface area contributed by atoms with Crippen LogP contribution in [-0.4, -0.2) is 102 Å². The minimum absolute atomic E-state index is 0. The summed E-state index contributed by atoms with van der Waals surface area (Å²) < 4.78 is 8.74. The summed E-state index contributed by atoms with van der Waals surface area (Å²) in [7, 11) is -3.13. The molecule has 0 bridgehead atoms. The van der Waals surface area contributed by atoms with Crippen LogP contribution in [0.3, 0.4) is 0 Å². The first-order valence-corrected chi connectivity index (χ1v) is 1.95. The van der Waals surface area contributed by atoms with E-state index in [-0.39, 0.29) is 173 Å². The van der Waals surface area contributed by atoms with Crippen molar-refractivity contribution < 1.29 is 109 Å². The topological polar surface area (TPSA) is 89.0 Å². The normalized spacial score (nSPS) is 2.40. The van der Waals surface area contributed by atoms with Crippen molar-refractivity contribution in [3.05, 3.63) is 0 Å². The van der Waals surface area contributed by atoms with Crippen LogP contribution in [0.15, 0.2) is 0 Å². The molecule has 0 radical (unpaired) electrons. The second-order valence-electron chi connectivity index (χ2n) is 0.283. The van der Waals surface area contributed by atoms with Crippen molar-refractivity contribution in [1.29, 1.82) is 0 Å². The van der Waals surface area contributed by atoms with Crippen LogP contribution >= 0.6 is 0 Å². The molecule has 0 atom stereocenters. The van der Waals surface area contributed by atoms with Crippen molar-refractivity contribution >= 4 is 87.3 Å². The molecule has 10 heavy (non-hydrogen) atoms. The third-order valence-corrected chi connectivity index (χ3v) is 0. The van der Waals surface area contributed by atoms with Gasteiger partial charge in [-0.2, -0.15) is 0 Å². The van der Waals surface area contributed by atoms with Crippen molar-refractivity contribution in [3.8, 4) is 0 Å². The number of hydrogen-bond donors (Lipinski definition) is 2. The first-order chi connectivity index (χ1) is 1.73. The van der Waals surface area contributed by atoms with E-state index in [1.807, 2.05) is 0 Å². The Morgan fingerprint density at radius 1 is 1.30 bits per heavy atom. The van der Waals surface area contributed by atoms with E-state index in [0.717, 1.165) is 0 Å². The molecule has 0 aromatic rings. The van der Waals surface area contributed by atoms with Crippen LogP contribution in [0.25, 0.3) is 0 Å². The van der Waals surface area contributed by atoms with Crippen LogP contribution in [0.5, 0.6) is 0 Å². The quantitative estimate of drug-likeness (QED) is 0.423. The predicted molar refractivity (Wildman–Crippen MR) is 42.6 cm³/mol. The molecule has 0 spiro atoms. The summed E-state index contributed by atoms with van der Waals surface area (Å²) in [5.74, 6) is 0. The largest absolute Gasteiger partial charge is 2.00 e. The zero-order valence-corrected chi connectivity index (χ0v) is 15.5. The van der Waals surface area contributed by atoms with Gasteiger partial charge in [0.2, 0.25) is 0 Å². The average Bonchev–Trinajstić information content (AvgIpc) is 0.811. The molecule has 50 valence electrons. The maximum absolute atomic E-state index is 8.74. The van der Waals surface area contributed by atoms with Gasteiger partial charge in [-0.1, -0.05) is 0 Å². The first kappa shape index (κ1) is 46.4. The molecule has 0 saturated carbocycles. The summed E-state index contributed by atoms with van der Waals surface area (Å²) in [5, 5.41) is 0. The molecule has 4 N–H and O–H groups in total.